The van der Waals surface area contributed by atoms with E-state index in [2.05, 4.69) is 14.5 Å². The van der Waals surface area contributed by atoms with Crippen molar-refractivity contribution in [1.29, 1.82) is 0 Å². The fourth-order valence-corrected chi connectivity index (χ4v) is 0.911. The number of hydrogen-bond acceptors (Lipinski definition) is 4. The number of carbonyl (C=O) groups excluding carboxylic acids is 1. The van der Waals surface area contributed by atoms with Crippen molar-refractivity contribution in [3.8, 4) is 5.75 Å². The zero-order valence-corrected chi connectivity index (χ0v) is 8.87. The monoisotopic (exact) mass is 231 g/mol. The number of hydrogen-bond donors (Lipinski definition) is 0. The normalized spacial score (nSPS) is 11.0. The first kappa shape index (κ1) is 12.4. The summed E-state index contributed by atoms with van der Waals surface area (Å²) in [4.78, 5) is 14.6. The molecule has 1 aromatic heterocycles. The van der Waals surface area contributed by atoms with Gasteiger partial charge in [0.15, 0.2) is 0 Å². The Hall–Kier alpha value is -1.72. The van der Waals surface area contributed by atoms with Crippen LogP contribution in [0, 0.1) is 0 Å². The summed E-state index contributed by atoms with van der Waals surface area (Å²) in [5, 5.41) is 0. The van der Waals surface area contributed by atoms with Crippen LogP contribution in [0.3, 0.4) is 0 Å². The molecule has 0 saturated heterocycles. The lowest BCUT2D eigenvalue weighted by molar-refractivity contribution is -0.177. The summed E-state index contributed by atoms with van der Waals surface area (Å²) in [6, 6.07) is 2.50. The summed E-state index contributed by atoms with van der Waals surface area (Å²) in [5.41, 5.74) is 0.0367. The maximum absolute atomic E-state index is 12.8. The number of esters is 1. The predicted octanol–water partition coefficient (Wildman–Crippen LogP) is 2.25. The molecule has 16 heavy (non-hydrogen) atoms. The number of methoxy groups -OCH3 is 1. The summed E-state index contributed by atoms with van der Waals surface area (Å²) in [6.07, 6.45) is -2.62. The molecule has 0 radical (unpaired) electrons. The molecule has 0 aliphatic carbocycles. The Morgan fingerprint density at radius 1 is 1.50 bits per heavy atom. The van der Waals surface area contributed by atoms with Crippen LogP contribution in [0.5, 0.6) is 5.75 Å². The fraction of sp³-hybridized carbons (Fsp3) is 0.400. The lowest BCUT2D eigenvalue weighted by Crippen LogP contribution is -2.23. The molecule has 0 unspecified atom stereocenters. The summed E-state index contributed by atoms with van der Waals surface area (Å²) < 4.78 is 34.4. The molecule has 88 valence electrons. The largest absolute Gasteiger partial charge is 0.464 e. The third kappa shape index (κ3) is 3.15. The van der Waals surface area contributed by atoms with Crippen LogP contribution < -0.4 is 4.74 Å². The van der Waals surface area contributed by atoms with Gasteiger partial charge in [0.05, 0.1) is 13.3 Å². The van der Waals surface area contributed by atoms with Crippen LogP contribution in [0.1, 0.15) is 23.8 Å². The topological polar surface area (TPSA) is 48.4 Å². The molecule has 0 fully saturated rings. The zero-order chi connectivity index (χ0) is 12.2. The van der Waals surface area contributed by atoms with Gasteiger partial charge in [0.25, 0.3) is 0 Å². The number of alkyl halides is 2. The van der Waals surface area contributed by atoms with Gasteiger partial charge >= 0.3 is 12.1 Å². The minimum atomic E-state index is -3.23. The molecular formula is C10H11F2NO3. The smallest absolute Gasteiger partial charge is 0.397 e. The molecule has 1 heterocycles. The second-order valence-electron chi connectivity index (χ2n) is 2.96. The molecular weight excluding hydrogens is 220 g/mol. The van der Waals surface area contributed by atoms with Crippen molar-refractivity contribution in [1.82, 2.24) is 4.98 Å². The van der Waals surface area contributed by atoms with Gasteiger partial charge in [-0.1, -0.05) is 6.92 Å². The Morgan fingerprint density at radius 2 is 2.19 bits per heavy atom. The molecule has 0 N–H and O–H groups in total. The minimum Gasteiger partial charge on any atom is -0.464 e. The van der Waals surface area contributed by atoms with Crippen molar-refractivity contribution in [2.75, 3.05) is 7.11 Å². The number of aromatic nitrogens is 1. The summed E-state index contributed by atoms with van der Waals surface area (Å²) >= 11 is 0. The highest BCUT2D eigenvalue weighted by Gasteiger charge is 2.28. The number of rotatable bonds is 4. The molecule has 0 bridgehead atoms. The second kappa shape index (κ2) is 4.87. The number of ether oxygens (including phenoxy) is 2. The molecule has 1 aromatic rings. The standard InChI is InChI=1S/C10H11F2NO3/c1-3-10(11,12)16-7-4-5-8(13-6-7)9(14)15-2/h4-6H,3H2,1-2H3. The van der Waals surface area contributed by atoms with E-state index in [9.17, 15) is 13.6 Å². The molecule has 0 aliphatic heterocycles. The summed E-state index contributed by atoms with van der Waals surface area (Å²) in [6.45, 7) is 1.30. The van der Waals surface area contributed by atoms with Gasteiger partial charge < -0.3 is 9.47 Å². The zero-order valence-electron chi connectivity index (χ0n) is 8.87. The first-order chi connectivity index (χ1) is 7.48. The number of pyridine rings is 1. The van der Waals surface area contributed by atoms with Gasteiger partial charge in [0.1, 0.15) is 11.4 Å². The Balaban J connectivity index is 2.76. The minimum absolute atomic E-state index is 0.0367. The fourth-order valence-electron chi connectivity index (χ4n) is 0.911. The maximum Gasteiger partial charge on any atom is 0.397 e. The molecule has 0 spiro atoms. The van der Waals surface area contributed by atoms with Gasteiger partial charge in [0.2, 0.25) is 0 Å². The second-order valence-corrected chi connectivity index (χ2v) is 2.96. The Labute approximate surface area is 91.2 Å². The SMILES string of the molecule is CCC(F)(F)Oc1ccc(C(=O)OC)nc1. The number of halogens is 2. The van der Waals surface area contributed by atoms with Crippen LogP contribution in [0.2, 0.25) is 0 Å². The van der Waals surface area contributed by atoms with Crippen molar-refractivity contribution in [2.45, 2.75) is 19.5 Å². The van der Waals surface area contributed by atoms with E-state index in [1.807, 2.05) is 0 Å². The van der Waals surface area contributed by atoms with E-state index in [1.54, 1.807) is 0 Å². The molecule has 1 rings (SSSR count). The lowest BCUT2D eigenvalue weighted by atomic mass is 10.3. The highest BCUT2D eigenvalue weighted by atomic mass is 19.3. The van der Waals surface area contributed by atoms with Crippen molar-refractivity contribution < 1.29 is 23.0 Å². The van der Waals surface area contributed by atoms with Crippen LogP contribution in [0.15, 0.2) is 18.3 Å². The Kier molecular flexibility index (Phi) is 3.76. The summed E-state index contributed by atoms with van der Waals surface area (Å²) in [7, 11) is 1.21. The van der Waals surface area contributed by atoms with Crippen LogP contribution in [0.4, 0.5) is 8.78 Å². The average Bonchev–Trinajstić information content (AvgIpc) is 2.28. The highest BCUT2D eigenvalue weighted by Crippen LogP contribution is 2.23. The average molecular weight is 231 g/mol. The van der Waals surface area contributed by atoms with Crippen molar-refractivity contribution in [3.63, 3.8) is 0 Å². The molecule has 4 nitrogen and oxygen atoms in total. The predicted molar refractivity (Wildman–Crippen MR) is 51.4 cm³/mol. The van der Waals surface area contributed by atoms with Crippen LogP contribution >= 0.6 is 0 Å². The van der Waals surface area contributed by atoms with Crippen molar-refractivity contribution >= 4 is 5.97 Å². The van der Waals surface area contributed by atoms with Gasteiger partial charge in [-0.05, 0) is 12.1 Å². The number of carbonyl (C=O) groups is 1. The Morgan fingerprint density at radius 3 is 2.62 bits per heavy atom. The van der Waals surface area contributed by atoms with Crippen molar-refractivity contribution in [3.05, 3.63) is 24.0 Å². The van der Waals surface area contributed by atoms with Crippen LogP contribution in [-0.4, -0.2) is 24.2 Å². The first-order valence-corrected chi connectivity index (χ1v) is 4.59. The quantitative estimate of drug-likeness (QED) is 0.745. The van der Waals surface area contributed by atoms with Gasteiger partial charge in [-0.2, -0.15) is 8.78 Å². The van der Waals surface area contributed by atoms with E-state index >= 15 is 0 Å². The van der Waals surface area contributed by atoms with E-state index in [0.29, 0.717) is 0 Å². The van der Waals surface area contributed by atoms with Crippen LogP contribution in [0.25, 0.3) is 0 Å². The van der Waals surface area contributed by atoms with Crippen LogP contribution in [-0.2, 0) is 4.74 Å². The first-order valence-electron chi connectivity index (χ1n) is 4.59. The maximum atomic E-state index is 12.8. The molecule has 0 amide bonds. The van der Waals surface area contributed by atoms with E-state index in [4.69, 9.17) is 0 Å². The summed E-state index contributed by atoms with van der Waals surface area (Å²) in [5.74, 6) is -0.728. The third-order valence-electron chi connectivity index (χ3n) is 1.81. The van der Waals surface area contributed by atoms with Crippen molar-refractivity contribution in [2.24, 2.45) is 0 Å². The van der Waals surface area contributed by atoms with E-state index in [0.717, 1.165) is 6.20 Å². The van der Waals surface area contributed by atoms with Gasteiger partial charge in [-0.15, -0.1) is 0 Å². The lowest BCUT2D eigenvalue weighted by Gasteiger charge is -2.15. The number of nitrogens with zero attached hydrogens (tertiary/aromatic N) is 1. The van der Waals surface area contributed by atoms with Gasteiger partial charge in [0, 0.05) is 6.42 Å². The molecule has 0 atom stereocenters. The van der Waals surface area contributed by atoms with E-state index in [1.165, 1.54) is 26.2 Å². The van der Waals surface area contributed by atoms with E-state index in [-0.39, 0.29) is 11.4 Å². The van der Waals surface area contributed by atoms with Gasteiger partial charge in [-0.25, -0.2) is 9.78 Å². The molecule has 0 aromatic carbocycles. The Bertz CT molecular complexity index is 365. The third-order valence-corrected chi connectivity index (χ3v) is 1.81. The molecule has 0 saturated carbocycles. The van der Waals surface area contributed by atoms with Gasteiger partial charge in [-0.3, -0.25) is 0 Å². The molecule has 6 heteroatoms. The molecule has 0 aliphatic rings. The highest BCUT2D eigenvalue weighted by molar-refractivity contribution is 5.87. The van der Waals surface area contributed by atoms with E-state index < -0.39 is 18.5 Å².